The molecule has 1 saturated heterocycles. The molecule has 1 N–H and O–H groups in total. The van der Waals surface area contributed by atoms with Crippen LogP contribution in [0.3, 0.4) is 0 Å². The van der Waals surface area contributed by atoms with Crippen LogP contribution in [0.5, 0.6) is 0 Å². The number of carbonyl (C=O) groups is 1. The fraction of sp³-hybridized carbons (Fsp3) is 0.615. The van der Waals surface area contributed by atoms with Gasteiger partial charge in [-0.1, -0.05) is 26.2 Å². The number of aliphatic hydroxyl groups is 1. The van der Waals surface area contributed by atoms with Crippen molar-refractivity contribution >= 4 is 23.1 Å². The van der Waals surface area contributed by atoms with Crippen LogP contribution in [0.2, 0.25) is 0 Å². The third-order valence-corrected chi connectivity index (χ3v) is 6.34. The van der Waals surface area contributed by atoms with Gasteiger partial charge in [0.15, 0.2) is 6.10 Å². The van der Waals surface area contributed by atoms with E-state index in [1.807, 2.05) is 41.5 Å². The lowest BCUT2D eigenvalue weighted by atomic mass is 10.1. The number of allylic oxidation sites excluding steroid dienone is 3. The van der Waals surface area contributed by atoms with Gasteiger partial charge in [-0.3, -0.25) is 14.1 Å². The van der Waals surface area contributed by atoms with Gasteiger partial charge in [0.05, 0.1) is 21.4 Å². The van der Waals surface area contributed by atoms with Crippen LogP contribution in [-0.4, -0.2) is 87.7 Å². The van der Waals surface area contributed by atoms with E-state index in [9.17, 15) is 14.1 Å². The summed E-state index contributed by atoms with van der Waals surface area (Å²) in [6, 6.07) is -0.0658. The molecule has 1 aliphatic heterocycles. The molecule has 1 fully saturated rings. The van der Waals surface area contributed by atoms with Crippen LogP contribution in [0, 0.1) is 0 Å². The van der Waals surface area contributed by atoms with Gasteiger partial charge in [0.25, 0.3) is 0 Å². The van der Waals surface area contributed by atoms with E-state index in [1.54, 1.807) is 23.3 Å². The van der Waals surface area contributed by atoms with Crippen LogP contribution in [0.1, 0.15) is 48.0 Å². The average molecular weight is 510 g/mol. The molecule has 0 aromatic carbocycles. The number of nitrogens with zero attached hydrogens (tertiary/aromatic N) is 3. The normalized spacial score (nSPS) is 21.2. The molecule has 0 aromatic rings. The highest BCUT2D eigenvalue weighted by Gasteiger charge is 2.33. The SMILES string of the molecule is C=C/C=C(\N=CC)[C@@H](CN1CCN(C(=O)OC(C)(C)C)[C@H](C)C1)O/C(=C(/C=C)S(C)=O)C(O)CC. The number of hydrogen-bond donors (Lipinski definition) is 1. The maximum Gasteiger partial charge on any atom is 0.410 e. The van der Waals surface area contributed by atoms with Crippen LogP contribution in [0.15, 0.2) is 52.7 Å². The van der Waals surface area contributed by atoms with Crippen LogP contribution >= 0.6 is 0 Å². The van der Waals surface area contributed by atoms with Crippen molar-refractivity contribution in [2.75, 3.05) is 32.4 Å². The molecule has 1 rings (SSSR count). The molecule has 4 atom stereocenters. The number of ether oxygens (including phenoxy) is 2. The second-order valence-electron chi connectivity index (χ2n) is 9.41. The first-order chi connectivity index (χ1) is 16.4. The average Bonchev–Trinajstić information content (AvgIpc) is 2.76. The predicted octanol–water partition coefficient (Wildman–Crippen LogP) is 4.02. The van der Waals surface area contributed by atoms with E-state index in [4.69, 9.17) is 9.47 Å². The van der Waals surface area contributed by atoms with Crippen molar-refractivity contribution in [1.29, 1.82) is 0 Å². The van der Waals surface area contributed by atoms with E-state index in [0.717, 1.165) is 0 Å². The number of amides is 1. The topological polar surface area (TPSA) is 91.7 Å². The highest BCUT2D eigenvalue weighted by atomic mass is 32.2. The summed E-state index contributed by atoms with van der Waals surface area (Å²) >= 11 is 0. The summed E-state index contributed by atoms with van der Waals surface area (Å²) in [5.74, 6) is 0.232. The van der Waals surface area contributed by atoms with Gasteiger partial charge in [-0.2, -0.15) is 0 Å². The van der Waals surface area contributed by atoms with Crippen molar-refractivity contribution < 1.29 is 23.6 Å². The lowest BCUT2D eigenvalue weighted by Crippen LogP contribution is -2.56. The summed E-state index contributed by atoms with van der Waals surface area (Å²) in [6.45, 7) is 20.9. The number of rotatable bonds is 11. The third-order valence-electron chi connectivity index (χ3n) is 5.36. The van der Waals surface area contributed by atoms with E-state index in [-0.39, 0.29) is 17.9 Å². The molecular weight excluding hydrogens is 466 g/mol. The van der Waals surface area contributed by atoms with Crippen molar-refractivity contribution in [2.45, 2.75) is 71.8 Å². The van der Waals surface area contributed by atoms with Crippen molar-refractivity contribution in [3.63, 3.8) is 0 Å². The van der Waals surface area contributed by atoms with Crippen LogP contribution < -0.4 is 0 Å². The zero-order valence-electron chi connectivity index (χ0n) is 22.3. The fourth-order valence-electron chi connectivity index (χ4n) is 3.72. The van der Waals surface area contributed by atoms with Crippen molar-refractivity contribution in [3.8, 4) is 0 Å². The molecule has 0 aromatic heterocycles. The minimum absolute atomic E-state index is 0.0658. The summed E-state index contributed by atoms with van der Waals surface area (Å²) < 4.78 is 24.2. The molecule has 1 aliphatic rings. The van der Waals surface area contributed by atoms with Gasteiger partial charge in [0.1, 0.15) is 17.5 Å². The van der Waals surface area contributed by atoms with Gasteiger partial charge in [-0.05, 0) is 53.2 Å². The predicted molar refractivity (Wildman–Crippen MR) is 144 cm³/mol. The Balaban J connectivity index is 3.23. The summed E-state index contributed by atoms with van der Waals surface area (Å²) in [6.07, 6.45) is 6.61. The highest BCUT2D eigenvalue weighted by Crippen LogP contribution is 2.24. The Bertz CT molecular complexity index is 860. The number of hydrogen-bond acceptors (Lipinski definition) is 7. The second kappa shape index (κ2) is 14.4. The monoisotopic (exact) mass is 509 g/mol. The van der Waals surface area contributed by atoms with Crippen molar-refractivity contribution in [3.05, 3.63) is 47.7 Å². The molecule has 8 nitrogen and oxygen atoms in total. The van der Waals surface area contributed by atoms with Gasteiger partial charge in [0, 0.05) is 44.7 Å². The standard InChI is InChI=1S/C26H43N3O5S/c1-10-14-20(27-13-4)22(33-24(21(30)11-2)23(12-3)35(9)32)18-28-15-16-29(19(5)17-28)25(31)34-26(6,7)8/h10,12-14,19,21-22,30H,1,3,11,15-18H2,2,4-9H3/b20-14-,24-23-,27-13?/t19-,21?,22-,35?/m1/s1. The van der Waals surface area contributed by atoms with E-state index in [0.29, 0.717) is 43.2 Å². The summed E-state index contributed by atoms with van der Waals surface area (Å²) in [5.41, 5.74) is 0.0661. The molecule has 35 heavy (non-hydrogen) atoms. The molecule has 198 valence electrons. The number of piperazine rings is 1. The van der Waals surface area contributed by atoms with E-state index >= 15 is 0 Å². The molecule has 0 saturated carbocycles. The minimum Gasteiger partial charge on any atom is -0.483 e. The molecule has 2 unspecified atom stereocenters. The van der Waals surface area contributed by atoms with Gasteiger partial charge >= 0.3 is 6.09 Å². The number of aliphatic imine (C=N–C) groups is 1. The Hall–Kier alpha value is -2.23. The molecule has 0 aliphatic carbocycles. The lowest BCUT2D eigenvalue weighted by molar-refractivity contribution is -0.00743. The first kappa shape index (κ1) is 30.8. The summed E-state index contributed by atoms with van der Waals surface area (Å²) in [4.78, 5) is 21.4. The Labute approximate surface area is 213 Å². The van der Waals surface area contributed by atoms with Crippen LogP contribution in [0.25, 0.3) is 0 Å². The van der Waals surface area contributed by atoms with Gasteiger partial charge in [0.2, 0.25) is 0 Å². The largest absolute Gasteiger partial charge is 0.483 e. The van der Waals surface area contributed by atoms with Gasteiger partial charge in [-0.25, -0.2) is 4.79 Å². The van der Waals surface area contributed by atoms with Gasteiger partial charge in [-0.15, -0.1) is 0 Å². The van der Waals surface area contributed by atoms with E-state index in [1.165, 1.54) is 12.3 Å². The zero-order chi connectivity index (χ0) is 26.8. The lowest BCUT2D eigenvalue weighted by Gasteiger charge is -2.41. The second-order valence-corrected chi connectivity index (χ2v) is 10.8. The minimum atomic E-state index is -1.40. The zero-order valence-corrected chi connectivity index (χ0v) is 23.1. The summed E-state index contributed by atoms with van der Waals surface area (Å²) in [5, 5.41) is 10.7. The van der Waals surface area contributed by atoms with E-state index < -0.39 is 28.6 Å². The van der Waals surface area contributed by atoms with Gasteiger partial charge < -0.3 is 19.5 Å². The fourth-order valence-corrected chi connectivity index (χ4v) is 4.42. The number of aliphatic hydroxyl groups excluding tert-OH is 1. The molecule has 1 amide bonds. The molecular formula is C26H43N3O5S. The third kappa shape index (κ3) is 9.74. The Morgan fingerprint density at radius 2 is 1.97 bits per heavy atom. The molecule has 0 bridgehead atoms. The highest BCUT2D eigenvalue weighted by molar-refractivity contribution is 7.88. The molecule has 0 radical (unpaired) electrons. The molecule has 9 heteroatoms. The Morgan fingerprint density at radius 3 is 2.43 bits per heavy atom. The quantitative estimate of drug-likeness (QED) is 0.257. The smallest absolute Gasteiger partial charge is 0.410 e. The Kier molecular flexibility index (Phi) is 12.6. The first-order valence-corrected chi connectivity index (χ1v) is 13.5. The maximum atomic E-state index is 12.6. The Morgan fingerprint density at radius 1 is 1.31 bits per heavy atom. The maximum absolute atomic E-state index is 12.6. The first-order valence-electron chi connectivity index (χ1n) is 12.0. The molecule has 0 spiro atoms. The summed E-state index contributed by atoms with van der Waals surface area (Å²) in [7, 11) is -1.40. The number of carbonyl (C=O) groups excluding carboxylic acids is 1. The van der Waals surface area contributed by atoms with E-state index in [2.05, 4.69) is 23.1 Å². The van der Waals surface area contributed by atoms with Crippen molar-refractivity contribution in [2.24, 2.45) is 4.99 Å². The van der Waals surface area contributed by atoms with Crippen LogP contribution in [-0.2, 0) is 20.3 Å². The van der Waals surface area contributed by atoms with Crippen molar-refractivity contribution in [1.82, 2.24) is 9.80 Å². The molecule has 1 heterocycles. The van der Waals surface area contributed by atoms with Crippen LogP contribution in [0.4, 0.5) is 4.79 Å².